The third-order valence-corrected chi connectivity index (χ3v) is 9.72. The van der Waals surface area contributed by atoms with Crippen molar-refractivity contribution in [2.24, 2.45) is 0 Å². The highest BCUT2D eigenvalue weighted by molar-refractivity contribution is 6.16. The molecule has 0 spiro atoms. The average Bonchev–Trinajstić information content (AvgIpc) is 3.72. The number of fused-ring (bicyclic) bond motifs is 6. The van der Waals surface area contributed by atoms with E-state index in [1.54, 1.807) is 0 Å². The van der Waals surface area contributed by atoms with Crippen molar-refractivity contribution in [2.45, 2.75) is 0 Å². The van der Waals surface area contributed by atoms with Crippen LogP contribution in [0, 0.1) is 0 Å². The minimum absolute atomic E-state index is 0.692. The second-order valence-corrected chi connectivity index (χ2v) is 12.6. The molecule has 0 fully saturated rings. The van der Waals surface area contributed by atoms with Gasteiger partial charge >= 0.3 is 0 Å². The molecule has 0 unspecified atom stereocenters. The second kappa shape index (κ2) is 11.4. The standard InChI is InChI=1S/C46H30N4/c1-4-16-31(17-5-1)44-43-38-25-11-13-28-40(38)50(35-22-8-3-9-23-35)46(43)48-45(47-44)33-19-14-18-32(30-33)36-26-15-29-41-42(36)37-24-10-12-27-39(37)49(41)34-20-6-2-7-21-34/h1-30H. The molecular formula is C46H30N4. The van der Waals surface area contributed by atoms with Crippen LogP contribution in [0.1, 0.15) is 0 Å². The summed E-state index contributed by atoms with van der Waals surface area (Å²) in [5, 5.41) is 4.64. The zero-order valence-electron chi connectivity index (χ0n) is 27.1. The molecule has 0 aliphatic rings. The Bertz CT molecular complexity index is 2850. The van der Waals surface area contributed by atoms with Gasteiger partial charge in [-0.15, -0.1) is 0 Å². The van der Waals surface area contributed by atoms with Crippen LogP contribution in [-0.4, -0.2) is 19.1 Å². The second-order valence-electron chi connectivity index (χ2n) is 12.6. The topological polar surface area (TPSA) is 35.6 Å². The third-order valence-electron chi connectivity index (χ3n) is 9.72. The normalized spacial score (nSPS) is 11.6. The molecule has 10 aromatic rings. The Morgan fingerprint density at radius 2 is 0.880 bits per heavy atom. The van der Waals surface area contributed by atoms with E-state index in [1.165, 1.54) is 27.4 Å². The Hall–Kier alpha value is -6.78. The molecule has 10 rings (SSSR count). The van der Waals surface area contributed by atoms with E-state index in [2.05, 4.69) is 191 Å². The van der Waals surface area contributed by atoms with Crippen molar-refractivity contribution in [3.05, 3.63) is 182 Å². The molecule has 7 aromatic carbocycles. The zero-order chi connectivity index (χ0) is 33.0. The first-order valence-corrected chi connectivity index (χ1v) is 16.9. The lowest BCUT2D eigenvalue weighted by Crippen LogP contribution is -1.99. The monoisotopic (exact) mass is 638 g/mol. The summed E-state index contributed by atoms with van der Waals surface area (Å²) in [6, 6.07) is 64.1. The molecule has 234 valence electrons. The van der Waals surface area contributed by atoms with Gasteiger partial charge < -0.3 is 4.57 Å². The lowest BCUT2D eigenvalue weighted by Gasteiger charge is -2.12. The summed E-state index contributed by atoms with van der Waals surface area (Å²) in [4.78, 5) is 10.7. The molecule has 0 atom stereocenters. The summed E-state index contributed by atoms with van der Waals surface area (Å²) in [5.41, 5.74) is 11.8. The highest BCUT2D eigenvalue weighted by Gasteiger charge is 2.21. The van der Waals surface area contributed by atoms with Gasteiger partial charge in [-0.3, -0.25) is 4.57 Å². The highest BCUT2D eigenvalue weighted by Crippen LogP contribution is 2.41. The Morgan fingerprint density at radius 3 is 1.60 bits per heavy atom. The van der Waals surface area contributed by atoms with Gasteiger partial charge in [0.25, 0.3) is 0 Å². The van der Waals surface area contributed by atoms with E-state index in [9.17, 15) is 0 Å². The van der Waals surface area contributed by atoms with E-state index >= 15 is 0 Å². The first-order valence-electron chi connectivity index (χ1n) is 16.9. The van der Waals surface area contributed by atoms with E-state index < -0.39 is 0 Å². The number of hydrogen-bond donors (Lipinski definition) is 0. The molecule has 0 saturated heterocycles. The van der Waals surface area contributed by atoms with E-state index in [4.69, 9.17) is 9.97 Å². The van der Waals surface area contributed by atoms with Gasteiger partial charge in [0, 0.05) is 38.7 Å². The van der Waals surface area contributed by atoms with Gasteiger partial charge in [0.2, 0.25) is 0 Å². The number of para-hydroxylation sites is 4. The van der Waals surface area contributed by atoms with Gasteiger partial charge in [-0.25, -0.2) is 9.97 Å². The van der Waals surface area contributed by atoms with E-state index in [0.717, 1.165) is 55.7 Å². The third kappa shape index (κ3) is 4.39. The molecule has 0 bridgehead atoms. The fourth-order valence-corrected chi connectivity index (χ4v) is 7.57. The molecule has 0 saturated carbocycles. The first-order chi connectivity index (χ1) is 24.8. The molecular weight excluding hydrogens is 609 g/mol. The molecule has 3 aromatic heterocycles. The molecule has 0 radical (unpaired) electrons. The van der Waals surface area contributed by atoms with Crippen LogP contribution in [-0.2, 0) is 0 Å². The number of hydrogen-bond acceptors (Lipinski definition) is 2. The SMILES string of the molecule is c1ccc(-c2nc(-c3cccc(-c4cccc5c4c4ccccc4n5-c4ccccc4)c3)nc3c2c2ccccc2n3-c2ccccc2)cc1. The highest BCUT2D eigenvalue weighted by atomic mass is 15.1. The molecule has 50 heavy (non-hydrogen) atoms. The molecule has 0 N–H and O–H groups in total. The van der Waals surface area contributed by atoms with Crippen molar-refractivity contribution in [2.75, 3.05) is 0 Å². The van der Waals surface area contributed by atoms with Crippen molar-refractivity contribution in [3.63, 3.8) is 0 Å². The lowest BCUT2D eigenvalue weighted by atomic mass is 9.97. The quantitative estimate of drug-likeness (QED) is 0.188. The molecule has 4 nitrogen and oxygen atoms in total. The Kier molecular flexibility index (Phi) is 6.46. The first kappa shape index (κ1) is 28.3. The zero-order valence-corrected chi connectivity index (χ0v) is 27.1. The van der Waals surface area contributed by atoms with E-state index in [1.807, 2.05) is 0 Å². The van der Waals surface area contributed by atoms with Crippen molar-refractivity contribution in [3.8, 4) is 45.1 Å². The molecule has 0 amide bonds. The Balaban J connectivity index is 1.23. The molecule has 0 aliphatic heterocycles. The summed E-state index contributed by atoms with van der Waals surface area (Å²) in [6.45, 7) is 0. The maximum atomic E-state index is 5.38. The molecule has 3 heterocycles. The van der Waals surface area contributed by atoms with Crippen LogP contribution in [0.15, 0.2) is 182 Å². The fraction of sp³-hybridized carbons (Fsp3) is 0. The minimum Gasteiger partial charge on any atom is -0.309 e. The number of benzene rings is 7. The Labute approximate surface area is 289 Å². The van der Waals surface area contributed by atoms with Crippen molar-refractivity contribution >= 4 is 43.7 Å². The predicted octanol–water partition coefficient (Wildman–Crippen LogP) is 11.7. The van der Waals surface area contributed by atoms with E-state index in [-0.39, 0.29) is 0 Å². The molecule has 4 heteroatoms. The van der Waals surface area contributed by atoms with Crippen LogP contribution >= 0.6 is 0 Å². The van der Waals surface area contributed by atoms with Gasteiger partial charge in [0.15, 0.2) is 5.82 Å². The minimum atomic E-state index is 0.692. The number of nitrogens with zero attached hydrogens (tertiary/aromatic N) is 4. The van der Waals surface area contributed by atoms with Gasteiger partial charge in [-0.2, -0.15) is 0 Å². The average molecular weight is 639 g/mol. The van der Waals surface area contributed by atoms with Crippen LogP contribution in [0.25, 0.3) is 88.9 Å². The van der Waals surface area contributed by atoms with Crippen LogP contribution in [0.3, 0.4) is 0 Å². The smallest absolute Gasteiger partial charge is 0.162 e. The maximum absolute atomic E-state index is 5.38. The lowest BCUT2D eigenvalue weighted by molar-refractivity contribution is 1.11. The summed E-state index contributed by atoms with van der Waals surface area (Å²) < 4.78 is 4.63. The summed E-state index contributed by atoms with van der Waals surface area (Å²) in [6.07, 6.45) is 0. The van der Waals surface area contributed by atoms with E-state index in [0.29, 0.717) is 5.82 Å². The van der Waals surface area contributed by atoms with Crippen molar-refractivity contribution in [1.82, 2.24) is 19.1 Å². The number of aromatic nitrogens is 4. The summed E-state index contributed by atoms with van der Waals surface area (Å²) in [5.74, 6) is 0.692. The van der Waals surface area contributed by atoms with Crippen LogP contribution in [0.2, 0.25) is 0 Å². The van der Waals surface area contributed by atoms with Crippen LogP contribution < -0.4 is 0 Å². The fourth-order valence-electron chi connectivity index (χ4n) is 7.57. The summed E-state index contributed by atoms with van der Waals surface area (Å²) >= 11 is 0. The molecule has 0 aliphatic carbocycles. The van der Waals surface area contributed by atoms with Crippen molar-refractivity contribution < 1.29 is 0 Å². The van der Waals surface area contributed by atoms with Gasteiger partial charge in [0.1, 0.15) is 5.65 Å². The van der Waals surface area contributed by atoms with Crippen LogP contribution in [0.5, 0.6) is 0 Å². The maximum Gasteiger partial charge on any atom is 0.162 e. The van der Waals surface area contributed by atoms with Crippen molar-refractivity contribution in [1.29, 1.82) is 0 Å². The van der Waals surface area contributed by atoms with Gasteiger partial charge in [0.05, 0.1) is 27.6 Å². The van der Waals surface area contributed by atoms with Gasteiger partial charge in [-0.05, 0) is 59.7 Å². The van der Waals surface area contributed by atoms with Crippen LogP contribution in [0.4, 0.5) is 0 Å². The predicted molar refractivity (Wildman–Crippen MR) is 207 cm³/mol. The van der Waals surface area contributed by atoms with Gasteiger partial charge in [-0.1, -0.05) is 133 Å². The number of rotatable bonds is 5. The summed E-state index contributed by atoms with van der Waals surface area (Å²) in [7, 11) is 0. The largest absolute Gasteiger partial charge is 0.309 e. The Morgan fingerprint density at radius 1 is 0.360 bits per heavy atom.